The molecule has 176 valence electrons. The van der Waals surface area contributed by atoms with Gasteiger partial charge >= 0.3 is 5.97 Å². The summed E-state index contributed by atoms with van der Waals surface area (Å²) in [5.41, 5.74) is 0. The number of carbonyl (C=O) groups excluding carboxylic acids is 2. The van der Waals surface area contributed by atoms with Crippen LogP contribution >= 0.6 is 0 Å². The lowest BCUT2D eigenvalue weighted by molar-refractivity contribution is -0.302. The summed E-state index contributed by atoms with van der Waals surface area (Å²) in [5, 5.41) is 19.9. The summed E-state index contributed by atoms with van der Waals surface area (Å²) < 4.78 is 33.3. The average Bonchev–Trinajstić information content (AvgIpc) is 3.00. The van der Waals surface area contributed by atoms with Gasteiger partial charge in [-0.15, -0.1) is 0 Å². The molecule has 0 aliphatic heterocycles. The van der Waals surface area contributed by atoms with Crippen LogP contribution in [0.25, 0.3) is 0 Å². The zero-order chi connectivity index (χ0) is 22.8. The zero-order valence-corrected chi connectivity index (χ0v) is 18.8. The molecular formula is C23H40F2O5. The molecule has 7 heteroatoms. The fourth-order valence-corrected chi connectivity index (χ4v) is 4.20. The van der Waals surface area contributed by atoms with Gasteiger partial charge in [0.2, 0.25) is 5.79 Å². The molecule has 0 amide bonds. The quantitative estimate of drug-likeness (QED) is 0.211. The molecule has 1 aliphatic rings. The van der Waals surface area contributed by atoms with E-state index in [1.807, 2.05) is 13.8 Å². The number of ketones is 1. The Kier molecular flexibility index (Phi) is 11.4. The van der Waals surface area contributed by atoms with E-state index < -0.39 is 24.6 Å². The van der Waals surface area contributed by atoms with E-state index in [4.69, 9.17) is 4.74 Å². The van der Waals surface area contributed by atoms with Gasteiger partial charge in [0.25, 0.3) is 5.92 Å². The van der Waals surface area contributed by atoms with Crippen molar-refractivity contribution >= 4 is 11.8 Å². The van der Waals surface area contributed by atoms with Crippen LogP contribution in [-0.2, 0) is 14.3 Å². The average molecular weight is 435 g/mol. The highest BCUT2D eigenvalue weighted by molar-refractivity contribution is 5.83. The predicted octanol–water partition coefficient (Wildman–Crippen LogP) is 5.16. The van der Waals surface area contributed by atoms with E-state index in [0.717, 1.165) is 25.7 Å². The number of carbonyl (C=O) groups is 2. The van der Waals surface area contributed by atoms with Crippen molar-refractivity contribution in [2.45, 2.75) is 122 Å². The topological polar surface area (TPSA) is 83.8 Å². The molecule has 0 heterocycles. The Hall–Kier alpha value is -1.08. The van der Waals surface area contributed by atoms with Crippen molar-refractivity contribution in [2.75, 3.05) is 0 Å². The number of hydrogen-bond donors (Lipinski definition) is 2. The highest BCUT2D eigenvalue weighted by Gasteiger charge is 2.51. The summed E-state index contributed by atoms with van der Waals surface area (Å²) in [5.74, 6) is -6.86. The molecule has 1 rings (SSSR count). The van der Waals surface area contributed by atoms with Crippen molar-refractivity contribution in [1.29, 1.82) is 0 Å². The van der Waals surface area contributed by atoms with Crippen LogP contribution in [0.5, 0.6) is 0 Å². The Balaban J connectivity index is 2.37. The van der Waals surface area contributed by atoms with Gasteiger partial charge in [0.15, 0.2) is 0 Å². The second-order valence-corrected chi connectivity index (χ2v) is 9.03. The number of hydrogen-bond acceptors (Lipinski definition) is 5. The summed E-state index contributed by atoms with van der Waals surface area (Å²) >= 11 is 0. The maximum Gasteiger partial charge on any atom is 0.306 e. The van der Waals surface area contributed by atoms with Gasteiger partial charge in [-0.25, -0.2) is 8.78 Å². The van der Waals surface area contributed by atoms with Crippen molar-refractivity contribution in [1.82, 2.24) is 0 Å². The van der Waals surface area contributed by atoms with E-state index in [-0.39, 0.29) is 42.5 Å². The third kappa shape index (κ3) is 8.96. The zero-order valence-electron chi connectivity index (χ0n) is 18.8. The smallest absolute Gasteiger partial charge is 0.306 e. The first-order chi connectivity index (χ1) is 14.0. The summed E-state index contributed by atoms with van der Waals surface area (Å²) in [6, 6.07) is 0. The Bertz CT molecular complexity index is 534. The van der Waals surface area contributed by atoms with E-state index >= 15 is 0 Å². The lowest BCUT2D eigenvalue weighted by Gasteiger charge is -2.32. The Morgan fingerprint density at radius 1 is 1.10 bits per heavy atom. The molecule has 0 spiro atoms. The molecular weight excluding hydrogens is 394 g/mol. The Morgan fingerprint density at radius 2 is 1.77 bits per heavy atom. The first-order valence-electron chi connectivity index (χ1n) is 11.5. The lowest BCUT2D eigenvalue weighted by atomic mass is 9.84. The van der Waals surface area contributed by atoms with Gasteiger partial charge in [0, 0.05) is 31.6 Å². The first kappa shape index (κ1) is 27.0. The number of ether oxygens (including phenoxy) is 1. The number of alkyl halides is 2. The van der Waals surface area contributed by atoms with Gasteiger partial charge in [-0.1, -0.05) is 32.6 Å². The molecule has 0 bridgehead atoms. The van der Waals surface area contributed by atoms with Crippen LogP contribution in [0.15, 0.2) is 0 Å². The standard InChI is InChI=1S/C23H40F2O5/c1-4-5-15-22(24,25)23(28,29)16-14-18-12-13-20(26)19(18)10-8-6-7-9-11-21(27)30-17(2)3/h17-19,28-29H,4-16H2,1-3H3/t18-,19-/m1/s1. The molecule has 0 radical (unpaired) electrons. The molecule has 1 saturated carbocycles. The van der Waals surface area contributed by atoms with Crippen LogP contribution < -0.4 is 0 Å². The molecule has 0 aromatic carbocycles. The van der Waals surface area contributed by atoms with Crippen LogP contribution in [-0.4, -0.2) is 39.8 Å². The predicted molar refractivity (Wildman–Crippen MR) is 111 cm³/mol. The lowest BCUT2D eigenvalue weighted by Crippen LogP contribution is -2.48. The minimum Gasteiger partial charge on any atom is -0.463 e. The number of unbranched alkanes of at least 4 members (excludes halogenated alkanes) is 4. The fraction of sp³-hybridized carbons (Fsp3) is 0.913. The van der Waals surface area contributed by atoms with Gasteiger partial charge in [-0.3, -0.25) is 9.59 Å². The SMILES string of the molecule is CCCCC(F)(F)C(O)(O)CC[C@H]1CCC(=O)[C@@H]1CCCCCCC(=O)OC(C)C. The number of halogens is 2. The number of rotatable bonds is 15. The van der Waals surface area contributed by atoms with Crippen LogP contribution in [0.2, 0.25) is 0 Å². The second-order valence-electron chi connectivity index (χ2n) is 9.03. The fourth-order valence-electron chi connectivity index (χ4n) is 4.20. The van der Waals surface area contributed by atoms with Gasteiger partial charge in [0.1, 0.15) is 5.78 Å². The van der Waals surface area contributed by atoms with Gasteiger partial charge in [-0.2, -0.15) is 0 Å². The highest BCUT2D eigenvalue weighted by atomic mass is 19.3. The summed E-state index contributed by atoms with van der Waals surface area (Å²) in [6.07, 6.45) is 5.43. The van der Waals surface area contributed by atoms with Gasteiger partial charge < -0.3 is 14.9 Å². The van der Waals surface area contributed by atoms with E-state index in [1.54, 1.807) is 6.92 Å². The van der Waals surface area contributed by atoms with Crippen molar-refractivity contribution in [3.63, 3.8) is 0 Å². The van der Waals surface area contributed by atoms with Crippen LogP contribution in [0, 0.1) is 11.8 Å². The van der Waals surface area contributed by atoms with E-state index in [1.165, 1.54) is 0 Å². The second kappa shape index (κ2) is 12.7. The molecule has 0 saturated heterocycles. The molecule has 0 aromatic rings. The number of aliphatic hydroxyl groups is 2. The molecule has 0 unspecified atom stereocenters. The third-order valence-electron chi connectivity index (χ3n) is 6.05. The van der Waals surface area contributed by atoms with Crippen LogP contribution in [0.1, 0.15) is 104 Å². The van der Waals surface area contributed by atoms with Crippen LogP contribution in [0.3, 0.4) is 0 Å². The molecule has 0 aromatic heterocycles. The molecule has 1 aliphatic carbocycles. The molecule has 30 heavy (non-hydrogen) atoms. The van der Waals surface area contributed by atoms with Crippen molar-refractivity contribution in [3.05, 3.63) is 0 Å². The van der Waals surface area contributed by atoms with E-state index in [9.17, 15) is 28.6 Å². The number of Topliss-reactive ketones (excluding diaryl/α,β-unsaturated/α-hetero) is 1. The first-order valence-corrected chi connectivity index (χ1v) is 11.5. The molecule has 2 N–H and O–H groups in total. The monoisotopic (exact) mass is 434 g/mol. The minimum absolute atomic E-state index is 0.0702. The summed E-state index contributed by atoms with van der Waals surface area (Å²) in [7, 11) is 0. The minimum atomic E-state index is -3.54. The van der Waals surface area contributed by atoms with Crippen LogP contribution in [0.4, 0.5) is 8.78 Å². The normalized spacial score (nSPS) is 20.2. The Labute approximate surface area is 179 Å². The largest absolute Gasteiger partial charge is 0.463 e. The number of esters is 1. The maximum absolute atomic E-state index is 14.1. The molecule has 5 nitrogen and oxygen atoms in total. The highest BCUT2D eigenvalue weighted by Crippen LogP contribution is 2.40. The Morgan fingerprint density at radius 3 is 2.40 bits per heavy atom. The van der Waals surface area contributed by atoms with Crippen molar-refractivity contribution in [2.24, 2.45) is 11.8 Å². The van der Waals surface area contributed by atoms with Crippen molar-refractivity contribution < 1.29 is 33.3 Å². The van der Waals surface area contributed by atoms with E-state index in [2.05, 4.69) is 0 Å². The van der Waals surface area contributed by atoms with Crippen molar-refractivity contribution in [3.8, 4) is 0 Å². The van der Waals surface area contributed by atoms with Gasteiger partial charge in [0.05, 0.1) is 6.10 Å². The van der Waals surface area contributed by atoms with Gasteiger partial charge in [-0.05, 0) is 51.9 Å². The maximum atomic E-state index is 14.1. The summed E-state index contributed by atoms with van der Waals surface area (Å²) in [4.78, 5) is 23.7. The third-order valence-corrected chi connectivity index (χ3v) is 6.05. The summed E-state index contributed by atoms with van der Waals surface area (Å²) in [6.45, 7) is 5.41. The molecule has 2 atom stereocenters. The molecule has 1 fully saturated rings. The van der Waals surface area contributed by atoms with E-state index in [0.29, 0.717) is 32.1 Å².